The van der Waals surface area contributed by atoms with Gasteiger partial charge in [0.05, 0.1) is 6.61 Å². The maximum Gasteiger partial charge on any atom is 0.146 e. The van der Waals surface area contributed by atoms with E-state index in [0.29, 0.717) is 6.79 Å². The van der Waals surface area contributed by atoms with Crippen LogP contribution in [-0.4, -0.2) is 20.5 Å². The third-order valence-electron chi connectivity index (χ3n) is 1.86. The first-order valence-electron chi connectivity index (χ1n) is 4.45. The van der Waals surface area contributed by atoms with E-state index in [4.69, 9.17) is 9.47 Å². The summed E-state index contributed by atoms with van der Waals surface area (Å²) >= 11 is 0. The highest BCUT2D eigenvalue weighted by Gasteiger charge is 1.92. The molecule has 0 bridgehead atoms. The average molecular weight is 180 g/mol. The molecule has 0 aromatic heterocycles. The summed E-state index contributed by atoms with van der Waals surface area (Å²) in [5.74, 6) is 0. The van der Waals surface area contributed by atoms with Crippen molar-refractivity contribution in [1.82, 2.24) is 0 Å². The highest BCUT2D eigenvalue weighted by Crippen LogP contribution is 2.03. The fraction of sp³-hybridized carbons (Fsp3) is 0.455. The number of hydrogen-bond donors (Lipinski definition) is 0. The van der Waals surface area contributed by atoms with Crippen LogP contribution in [0.3, 0.4) is 0 Å². The summed E-state index contributed by atoms with van der Waals surface area (Å²) in [5.41, 5.74) is 2.60. The first-order chi connectivity index (χ1) is 6.33. The molecule has 2 nitrogen and oxygen atoms in total. The Balaban J connectivity index is 2.25. The molecule has 0 amide bonds. The van der Waals surface area contributed by atoms with Crippen LogP contribution in [-0.2, 0) is 15.9 Å². The van der Waals surface area contributed by atoms with E-state index in [1.807, 2.05) is 0 Å². The van der Waals surface area contributed by atoms with Crippen LogP contribution in [0.1, 0.15) is 11.1 Å². The minimum absolute atomic E-state index is 0.381. The van der Waals surface area contributed by atoms with Crippen LogP contribution in [0.2, 0.25) is 0 Å². The maximum atomic E-state index is 5.19. The molecule has 0 aliphatic heterocycles. The Labute approximate surface area is 79.5 Å². The normalized spacial score (nSPS) is 10.3. The summed E-state index contributed by atoms with van der Waals surface area (Å²) < 4.78 is 9.97. The summed E-state index contributed by atoms with van der Waals surface area (Å²) in [7, 11) is 1.63. The summed E-state index contributed by atoms with van der Waals surface area (Å²) in [6.07, 6.45) is 0.948. The zero-order valence-electron chi connectivity index (χ0n) is 8.25. The lowest BCUT2D eigenvalue weighted by Gasteiger charge is -2.03. The molecule has 0 saturated heterocycles. The summed E-state index contributed by atoms with van der Waals surface area (Å²) in [5, 5.41) is 0. The van der Waals surface area contributed by atoms with Crippen molar-refractivity contribution in [3.63, 3.8) is 0 Å². The van der Waals surface area contributed by atoms with Crippen LogP contribution >= 0.6 is 0 Å². The quantitative estimate of drug-likeness (QED) is 0.510. The van der Waals surface area contributed by atoms with Crippen molar-refractivity contribution in [2.45, 2.75) is 13.3 Å². The lowest BCUT2D eigenvalue weighted by atomic mass is 10.1. The molecule has 1 aromatic carbocycles. The Morgan fingerprint density at radius 2 is 1.85 bits per heavy atom. The van der Waals surface area contributed by atoms with Gasteiger partial charge < -0.3 is 9.47 Å². The molecule has 0 unspecified atom stereocenters. The Hall–Kier alpha value is -0.860. The van der Waals surface area contributed by atoms with E-state index in [1.165, 1.54) is 11.1 Å². The molecule has 0 saturated carbocycles. The molecule has 0 radical (unpaired) electrons. The molecule has 0 heterocycles. The van der Waals surface area contributed by atoms with E-state index >= 15 is 0 Å². The molecule has 13 heavy (non-hydrogen) atoms. The maximum absolute atomic E-state index is 5.19. The van der Waals surface area contributed by atoms with Crippen molar-refractivity contribution < 1.29 is 9.47 Å². The number of methoxy groups -OCH3 is 1. The van der Waals surface area contributed by atoms with Crippen LogP contribution in [0.15, 0.2) is 24.3 Å². The van der Waals surface area contributed by atoms with E-state index < -0.39 is 0 Å². The average Bonchev–Trinajstić information content (AvgIpc) is 2.15. The molecule has 1 rings (SSSR count). The first kappa shape index (κ1) is 10.2. The molecule has 0 fully saturated rings. The van der Waals surface area contributed by atoms with Gasteiger partial charge in [0.2, 0.25) is 0 Å². The molecule has 0 atom stereocenters. The second-order valence-corrected chi connectivity index (χ2v) is 3.05. The predicted molar refractivity (Wildman–Crippen MR) is 52.7 cm³/mol. The monoisotopic (exact) mass is 180 g/mol. The van der Waals surface area contributed by atoms with Gasteiger partial charge in [-0.15, -0.1) is 0 Å². The van der Waals surface area contributed by atoms with E-state index in [-0.39, 0.29) is 0 Å². The van der Waals surface area contributed by atoms with Gasteiger partial charge in [-0.1, -0.05) is 29.8 Å². The van der Waals surface area contributed by atoms with E-state index in [9.17, 15) is 0 Å². The zero-order chi connectivity index (χ0) is 9.52. The number of aryl methyl sites for hydroxylation is 1. The Morgan fingerprint density at radius 3 is 2.46 bits per heavy atom. The molecular formula is C11H16O2. The van der Waals surface area contributed by atoms with Crippen molar-refractivity contribution in [3.05, 3.63) is 35.4 Å². The number of ether oxygens (including phenoxy) is 2. The highest BCUT2D eigenvalue weighted by molar-refractivity contribution is 5.21. The topological polar surface area (TPSA) is 18.5 Å². The van der Waals surface area contributed by atoms with Gasteiger partial charge in [-0.05, 0) is 18.9 Å². The molecule has 2 heteroatoms. The number of benzene rings is 1. The van der Waals surface area contributed by atoms with Crippen LogP contribution in [0.25, 0.3) is 0 Å². The van der Waals surface area contributed by atoms with Crippen molar-refractivity contribution in [2.75, 3.05) is 20.5 Å². The van der Waals surface area contributed by atoms with Crippen LogP contribution in [0.4, 0.5) is 0 Å². The minimum Gasteiger partial charge on any atom is -0.359 e. The highest BCUT2D eigenvalue weighted by atomic mass is 16.7. The standard InChI is InChI=1S/C11H16O2/c1-10-3-5-11(6-4-10)7-8-13-9-12-2/h3-6H,7-9H2,1-2H3. The Bertz CT molecular complexity index is 228. The van der Waals surface area contributed by atoms with Gasteiger partial charge in [-0.25, -0.2) is 0 Å². The Kier molecular flexibility index (Phi) is 4.50. The van der Waals surface area contributed by atoms with Gasteiger partial charge in [0, 0.05) is 7.11 Å². The van der Waals surface area contributed by atoms with Gasteiger partial charge in [-0.2, -0.15) is 0 Å². The van der Waals surface area contributed by atoms with Gasteiger partial charge in [0.15, 0.2) is 0 Å². The molecule has 0 aliphatic carbocycles. The second-order valence-electron chi connectivity index (χ2n) is 3.05. The third kappa shape index (κ3) is 4.06. The fourth-order valence-electron chi connectivity index (χ4n) is 1.09. The number of rotatable bonds is 5. The first-order valence-corrected chi connectivity index (χ1v) is 4.45. The lowest BCUT2D eigenvalue weighted by Crippen LogP contribution is -2.01. The van der Waals surface area contributed by atoms with E-state index in [0.717, 1.165) is 13.0 Å². The smallest absolute Gasteiger partial charge is 0.146 e. The van der Waals surface area contributed by atoms with Gasteiger partial charge in [-0.3, -0.25) is 0 Å². The molecule has 0 aliphatic rings. The second kappa shape index (κ2) is 5.73. The summed E-state index contributed by atoms with van der Waals surface area (Å²) in [6.45, 7) is 3.19. The Morgan fingerprint density at radius 1 is 1.15 bits per heavy atom. The van der Waals surface area contributed by atoms with Gasteiger partial charge in [0.25, 0.3) is 0 Å². The molecule has 0 spiro atoms. The number of hydrogen-bond acceptors (Lipinski definition) is 2. The van der Waals surface area contributed by atoms with Crippen LogP contribution < -0.4 is 0 Å². The summed E-state index contributed by atoms with van der Waals surface area (Å²) in [4.78, 5) is 0. The van der Waals surface area contributed by atoms with Crippen molar-refractivity contribution in [2.24, 2.45) is 0 Å². The fourth-order valence-corrected chi connectivity index (χ4v) is 1.09. The lowest BCUT2D eigenvalue weighted by molar-refractivity contribution is -0.0291. The summed E-state index contributed by atoms with van der Waals surface area (Å²) in [6, 6.07) is 8.49. The van der Waals surface area contributed by atoms with Gasteiger partial charge in [0.1, 0.15) is 6.79 Å². The van der Waals surface area contributed by atoms with Crippen molar-refractivity contribution in [3.8, 4) is 0 Å². The van der Waals surface area contributed by atoms with Gasteiger partial charge >= 0.3 is 0 Å². The van der Waals surface area contributed by atoms with Crippen molar-refractivity contribution in [1.29, 1.82) is 0 Å². The zero-order valence-corrected chi connectivity index (χ0v) is 8.25. The molecule has 1 aromatic rings. The van der Waals surface area contributed by atoms with E-state index in [1.54, 1.807) is 7.11 Å². The van der Waals surface area contributed by atoms with Crippen LogP contribution in [0.5, 0.6) is 0 Å². The third-order valence-corrected chi connectivity index (χ3v) is 1.86. The minimum atomic E-state index is 0.381. The SMILES string of the molecule is COCOCCc1ccc(C)cc1. The van der Waals surface area contributed by atoms with Crippen molar-refractivity contribution >= 4 is 0 Å². The molecule has 72 valence electrons. The predicted octanol–water partition coefficient (Wildman–Crippen LogP) is 2.16. The molecular weight excluding hydrogens is 164 g/mol. The van der Waals surface area contributed by atoms with E-state index in [2.05, 4.69) is 31.2 Å². The largest absolute Gasteiger partial charge is 0.359 e. The molecule has 0 N–H and O–H groups in total. The van der Waals surface area contributed by atoms with Crippen LogP contribution in [0, 0.1) is 6.92 Å².